The number of carbonyl (C=O) groups excluding carboxylic acids is 1. The van der Waals surface area contributed by atoms with Crippen LogP contribution < -0.4 is 10.7 Å². The summed E-state index contributed by atoms with van der Waals surface area (Å²) in [5, 5.41) is 13.2. The maximum atomic E-state index is 12.7. The van der Waals surface area contributed by atoms with Gasteiger partial charge in [0.25, 0.3) is 5.91 Å². The SMILES string of the molecule is N#Cc1c(NC(=O)c2coc3ccccc3c2=O)sc2c1CCCCC2. The van der Waals surface area contributed by atoms with Gasteiger partial charge in [-0.25, -0.2) is 0 Å². The molecule has 0 atom stereocenters. The highest BCUT2D eigenvalue weighted by Crippen LogP contribution is 2.37. The molecule has 1 aliphatic rings. The minimum absolute atomic E-state index is 0.0591. The van der Waals surface area contributed by atoms with Crippen LogP contribution in [0.4, 0.5) is 5.00 Å². The van der Waals surface area contributed by atoms with E-state index in [0.717, 1.165) is 37.7 Å². The minimum atomic E-state index is -0.544. The third kappa shape index (κ3) is 2.80. The average Bonchev–Trinajstić information content (AvgIpc) is 2.81. The van der Waals surface area contributed by atoms with Gasteiger partial charge in [0.05, 0.1) is 10.9 Å². The van der Waals surface area contributed by atoms with E-state index in [-0.39, 0.29) is 11.0 Å². The summed E-state index contributed by atoms with van der Waals surface area (Å²) in [7, 11) is 0. The lowest BCUT2D eigenvalue weighted by Gasteiger charge is -2.04. The molecule has 130 valence electrons. The minimum Gasteiger partial charge on any atom is -0.463 e. The third-order valence-electron chi connectivity index (χ3n) is 4.68. The van der Waals surface area contributed by atoms with Crippen molar-refractivity contribution in [2.75, 3.05) is 5.32 Å². The number of hydrogen-bond acceptors (Lipinski definition) is 5. The Morgan fingerprint density at radius 2 is 2.00 bits per heavy atom. The molecule has 0 unspecified atom stereocenters. The van der Waals surface area contributed by atoms with Crippen LogP contribution in [0.1, 0.15) is 45.6 Å². The maximum Gasteiger partial charge on any atom is 0.263 e. The van der Waals surface area contributed by atoms with Crippen molar-refractivity contribution < 1.29 is 9.21 Å². The fourth-order valence-corrected chi connectivity index (χ4v) is 4.59. The van der Waals surface area contributed by atoms with Gasteiger partial charge in [-0.3, -0.25) is 9.59 Å². The number of fused-ring (bicyclic) bond motifs is 2. The second kappa shape index (κ2) is 6.77. The molecule has 3 aromatic rings. The number of nitrogens with zero attached hydrogens (tertiary/aromatic N) is 1. The van der Waals surface area contributed by atoms with E-state index in [1.54, 1.807) is 24.3 Å². The molecule has 2 heterocycles. The standard InChI is InChI=1S/C20H16N2O3S/c21-10-14-12-6-2-1-3-9-17(12)26-20(14)22-19(24)15-11-25-16-8-5-4-7-13(16)18(15)23/h4-5,7-8,11H,1-3,6,9H2,(H,22,24). The monoisotopic (exact) mass is 364 g/mol. The first kappa shape index (κ1) is 16.6. The first-order valence-corrected chi connectivity index (χ1v) is 9.37. The van der Waals surface area contributed by atoms with E-state index < -0.39 is 5.91 Å². The zero-order chi connectivity index (χ0) is 18.1. The Morgan fingerprint density at radius 1 is 1.19 bits per heavy atom. The molecule has 0 saturated carbocycles. The van der Waals surface area contributed by atoms with Gasteiger partial charge in [-0.15, -0.1) is 11.3 Å². The van der Waals surface area contributed by atoms with E-state index in [2.05, 4.69) is 11.4 Å². The highest BCUT2D eigenvalue weighted by atomic mass is 32.1. The van der Waals surface area contributed by atoms with Gasteiger partial charge in [0, 0.05) is 4.88 Å². The van der Waals surface area contributed by atoms with Crippen LogP contribution in [0.3, 0.4) is 0 Å². The fraction of sp³-hybridized carbons (Fsp3) is 0.250. The summed E-state index contributed by atoms with van der Waals surface area (Å²) in [4.78, 5) is 26.4. The molecule has 26 heavy (non-hydrogen) atoms. The van der Waals surface area contributed by atoms with Gasteiger partial charge in [0.1, 0.15) is 28.5 Å². The number of rotatable bonds is 2. The second-order valence-electron chi connectivity index (χ2n) is 6.31. The van der Waals surface area contributed by atoms with Crippen molar-refractivity contribution in [3.8, 4) is 6.07 Å². The highest BCUT2D eigenvalue weighted by molar-refractivity contribution is 7.16. The summed E-state index contributed by atoms with van der Waals surface area (Å²) in [6.07, 6.45) is 6.29. The molecule has 1 N–H and O–H groups in total. The van der Waals surface area contributed by atoms with Gasteiger partial charge in [-0.1, -0.05) is 18.6 Å². The first-order chi connectivity index (χ1) is 12.7. The summed E-state index contributed by atoms with van der Waals surface area (Å²) in [5.74, 6) is -0.544. The molecule has 0 fully saturated rings. The summed E-state index contributed by atoms with van der Waals surface area (Å²) >= 11 is 1.45. The van der Waals surface area contributed by atoms with Crippen LogP contribution in [-0.4, -0.2) is 5.91 Å². The van der Waals surface area contributed by atoms with Crippen LogP contribution in [0.15, 0.2) is 39.7 Å². The van der Waals surface area contributed by atoms with Crippen molar-refractivity contribution in [2.24, 2.45) is 0 Å². The Labute approximate surface area is 153 Å². The highest BCUT2D eigenvalue weighted by Gasteiger charge is 2.22. The molecule has 2 aromatic heterocycles. The Kier molecular flexibility index (Phi) is 4.31. The number of thiophene rings is 1. The number of nitriles is 1. The maximum absolute atomic E-state index is 12.7. The average molecular weight is 364 g/mol. The summed E-state index contributed by atoms with van der Waals surface area (Å²) in [5.41, 5.74) is 1.59. The predicted octanol–water partition coefficient (Wildman–Crippen LogP) is 4.25. The van der Waals surface area contributed by atoms with Crippen LogP contribution in [0, 0.1) is 11.3 Å². The summed E-state index contributed by atoms with van der Waals surface area (Å²) in [6, 6.07) is 9.03. The fourth-order valence-electron chi connectivity index (χ4n) is 3.35. The van der Waals surface area contributed by atoms with Crippen LogP contribution >= 0.6 is 11.3 Å². The van der Waals surface area contributed by atoms with E-state index in [4.69, 9.17) is 4.42 Å². The Bertz CT molecular complexity index is 1100. The van der Waals surface area contributed by atoms with Crippen molar-refractivity contribution in [2.45, 2.75) is 32.1 Å². The van der Waals surface area contributed by atoms with Gasteiger partial charge in [0.15, 0.2) is 0 Å². The number of aryl methyl sites for hydroxylation is 1. The molecule has 0 radical (unpaired) electrons. The number of anilines is 1. The van der Waals surface area contributed by atoms with Crippen LogP contribution in [0.2, 0.25) is 0 Å². The number of benzene rings is 1. The smallest absolute Gasteiger partial charge is 0.263 e. The lowest BCUT2D eigenvalue weighted by molar-refractivity contribution is 0.102. The molecule has 1 aliphatic carbocycles. The van der Waals surface area contributed by atoms with Gasteiger partial charge in [0.2, 0.25) is 5.43 Å². The van der Waals surface area contributed by atoms with E-state index in [0.29, 0.717) is 21.5 Å². The molecular formula is C20H16N2O3S. The molecule has 0 saturated heterocycles. The molecular weight excluding hydrogens is 348 g/mol. The van der Waals surface area contributed by atoms with Crippen LogP contribution in [-0.2, 0) is 12.8 Å². The Balaban J connectivity index is 1.70. The van der Waals surface area contributed by atoms with Crippen molar-refractivity contribution in [3.63, 3.8) is 0 Å². The lowest BCUT2D eigenvalue weighted by atomic mass is 10.1. The molecule has 1 aromatic carbocycles. The molecule has 0 aliphatic heterocycles. The Hall–Kier alpha value is -2.91. The molecule has 1 amide bonds. The molecule has 5 nitrogen and oxygen atoms in total. The quantitative estimate of drug-likeness (QED) is 0.689. The zero-order valence-corrected chi connectivity index (χ0v) is 14.8. The molecule has 0 bridgehead atoms. The summed E-state index contributed by atoms with van der Waals surface area (Å²) < 4.78 is 5.41. The van der Waals surface area contributed by atoms with Crippen molar-refractivity contribution >= 4 is 33.2 Å². The van der Waals surface area contributed by atoms with Gasteiger partial charge in [-0.2, -0.15) is 5.26 Å². The number of nitrogens with one attached hydrogen (secondary N) is 1. The zero-order valence-electron chi connectivity index (χ0n) is 14.0. The van der Waals surface area contributed by atoms with E-state index in [1.807, 2.05) is 0 Å². The predicted molar refractivity (Wildman–Crippen MR) is 101 cm³/mol. The number of hydrogen-bond donors (Lipinski definition) is 1. The van der Waals surface area contributed by atoms with Crippen molar-refractivity contribution in [3.05, 3.63) is 62.3 Å². The molecule has 4 rings (SSSR count). The van der Waals surface area contributed by atoms with E-state index >= 15 is 0 Å². The van der Waals surface area contributed by atoms with Gasteiger partial charge in [-0.05, 0) is 43.4 Å². The van der Waals surface area contributed by atoms with E-state index in [1.165, 1.54) is 22.5 Å². The van der Waals surface area contributed by atoms with Crippen molar-refractivity contribution in [1.82, 2.24) is 0 Å². The van der Waals surface area contributed by atoms with Crippen molar-refractivity contribution in [1.29, 1.82) is 5.26 Å². The third-order valence-corrected chi connectivity index (χ3v) is 5.89. The molecule has 0 spiro atoms. The normalized spacial score (nSPS) is 13.7. The van der Waals surface area contributed by atoms with Gasteiger partial charge >= 0.3 is 0 Å². The topological polar surface area (TPSA) is 83.1 Å². The second-order valence-corrected chi connectivity index (χ2v) is 7.41. The number of amides is 1. The Morgan fingerprint density at radius 3 is 2.85 bits per heavy atom. The molecule has 6 heteroatoms. The first-order valence-electron chi connectivity index (χ1n) is 8.55. The van der Waals surface area contributed by atoms with Gasteiger partial charge < -0.3 is 9.73 Å². The lowest BCUT2D eigenvalue weighted by Crippen LogP contribution is -2.21. The van der Waals surface area contributed by atoms with E-state index in [9.17, 15) is 14.9 Å². The largest absolute Gasteiger partial charge is 0.463 e. The number of para-hydroxylation sites is 1. The number of carbonyl (C=O) groups is 1. The van der Waals surface area contributed by atoms with Crippen LogP contribution in [0.5, 0.6) is 0 Å². The van der Waals surface area contributed by atoms with Crippen LogP contribution in [0.25, 0.3) is 11.0 Å². The summed E-state index contributed by atoms with van der Waals surface area (Å²) in [6.45, 7) is 0.